The molecular formula is C27H41NO10. The van der Waals surface area contributed by atoms with Crippen LogP contribution in [0.4, 0.5) is 9.59 Å². The third-order valence-electron chi connectivity index (χ3n) is 5.30. The average molecular weight is 540 g/mol. The second kappa shape index (κ2) is 16.5. The van der Waals surface area contributed by atoms with Crippen LogP contribution in [0.2, 0.25) is 0 Å². The van der Waals surface area contributed by atoms with Crippen LogP contribution in [0.15, 0.2) is 18.2 Å². The Kier molecular flexibility index (Phi) is 14.2. The standard InChI is InChI=1S/C27H41NO10/c1-16(2)10-12-33-26(31)37-23-9-8-21(15-24(23)38-27(32)34-13-11-17(3)4)14-22(28)25(30)36-19(6)18(5)35-20(7)29/h8-9,15-19,22H,10-14,28H2,1-7H3/t18?,19-,22-/m0/s1. The van der Waals surface area contributed by atoms with E-state index < -0.39 is 42.5 Å². The predicted molar refractivity (Wildman–Crippen MR) is 138 cm³/mol. The van der Waals surface area contributed by atoms with E-state index in [2.05, 4.69) is 0 Å². The lowest BCUT2D eigenvalue weighted by atomic mass is 10.1. The number of rotatable bonds is 14. The zero-order valence-electron chi connectivity index (χ0n) is 23.3. The smallest absolute Gasteiger partial charge is 0.459 e. The minimum Gasteiger partial charge on any atom is -0.459 e. The van der Waals surface area contributed by atoms with Gasteiger partial charge in [-0.2, -0.15) is 0 Å². The molecule has 0 heterocycles. The molecule has 0 radical (unpaired) electrons. The highest BCUT2D eigenvalue weighted by molar-refractivity contribution is 5.76. The summed E-state index contributed by atoms with van der Waals surface area (Å²) in [5.41, 5.74) is 6.52. The molecule has 1 unspecified atom stereocenters. The van der Waals surface area contributed by atoms with Crippen LogP contribution in [0, 0.1) is 11.8 Å². The fourth-order valence-electron chi connectivity index (χ4n) is 2.90. The molecule has 214 valence electrons. The third kappa shape index (κ3) is 13.3. The molecule has 1 aromatic rings. The SMILES string of the molecule is CC(=O)OC(C)[C@H](C)OC(=O)[C@@H](N)Cc1ccc(OC(=O)OCCC(C)C)c(OC(=O)OCCC(C)C)c1. The maximum absolute atomic E-state index is 12.5. The highest BCUT2D eigenvalue weighted by Crippen LogP contribution is 2.30. The summed E-state index contributed by atoms with van der Waals surface area (Å²) >= 11 is 0. The number of hydrogen-bond acceptors (Lipinski definition) is 11. The summed E-state index contributed by atoms with van der Waals surface area (Å²) in [5.74, 6) is -0.705. The molecule has 1 aromatic carbocycles. The van der Waals surface area contributed by atoms with Crippen LogP contribution in [-0.2, 0) is 35.0 Å². The van der Waals surface area contributed by atoms with Crippen molar-refractivity contribution in [1.82, 2.24) is 0 Å². The van der Waals surface area contributed by atoms with E-state index in [4.69, 9.17) is 34.2 Å². The van der Waals surface area contributed by atoms with Crippen LogP contribution in [0.1, 0.15) is 66.9 Å². The molecule has 0 fully saturated rings. The number of carbonyl (C=O) groups excluding carboxylic acids is 4. The Bertz CT molecular complexity index is 930. The van der Waals surface area contributed by atoms with Gasteiger partial charge in [0.05, 0.1) is 13.2 Å². The number of esters is 2. The highest BCUT2D eigenvalue weighted by Gasteiger charge is 2.24. The Morgan fingerprint density at radius 1 is 0.763 bits per heavy atom. The molecule has 0 aliphatic rings. The highest BCUT2D eigenvalue weighted by atomic mass is 16.7. The third-order valence-corrected chi connectivity index (χ3v) is 5.30. The predicted octanol–water partition coefficient (Wildman–Crippen LogP) is 4.56. The first-order valence-electron chi connectivity index (χ1n) is 12.7. The molecule has 11 nitrogen and oxygen atoms in total. The van der Waals surface area contributed by atoms with E-state index in [1.807, 2.05) is 27.7 Å². The molecule has 0 aliphatic carbocycles. The number of ether oxygens (including phenoxy) is 6. The van der Waals surface area contributed by atoms with Crippen LogP contribution in [-0.4, -0.2) is 55.7 Å². The first kappa shape index (κ1) is 32.7. The summed E-state index contributed by atoms with van der Waals surface area (Å²) in [6, 6.07) is 3.31. The monoisotopic (exact) mass is 539 g/mol. The van der Waals surface area contributed by atoms with Gasteiger partial charge in [0.15, 0.2) is 11.5 Å². The van der Waals surface area contributed by atoms with Gasteiger partial charge >= 0.3 is 24.2 Å². The number of carbonyl (C=O) groups is 4. The van der Waals surface area contributed by atoms with E-state index in [0.29, 0.717) is 30.2 Å². The Morgan fingerprint density at radius 2 is 1.26 bits per heavy atom. The molecule has 2 N–H and O–H groups in total. The first-order valence-corrected chi connectivity index (χ1v) is 12.7. The lowest BCUT2D eigenvalue weighted by Crippen LogP contribution is -2.39. The number of hydrogen-bond donors (Lipinski definition) is 1. The van der Waals surface area contributed by atoms with Gasteiger partial charge in [0.2, 0.25) is 0 Å². The minimum absolute atomic E-state index is 0.0192. The molecule has 0 aliphatic heterocycles. The fraction of sp³-hybridized carbons (Fsp3) is 0.630. The fourth-order valence-corrected chi connectivity index (χ4v) is 2.90. The Hall–Kier alpha value is -3.34. The van der Waals surface area contributed by atoms with E-state index in [9.17, 15) is 19.2 Å². The summed E-state index contributed by atoms with van der Waals surface area (Å²) < 4.78 is 31.0. The van der Waals surface area contributed by atoms with Crippen molar-refractivity contribution in [2.45, 2.75) is 86.0 Å². The first-order chi connectivity index (χ1) is 17.8. The maximum atomic E-state index is 12.5. The Balaban J connectivity index is 2.94. The van der Waals surface area contributed by atoms with E-state index >= 15 is 0 Å². The van der Waals surface area contributed by atoms with Crippen LogP contribution < -0.4 is 15.2 Å². The average Bonchev–Trinajstić information content (AvgIpc) is 2.79. The van der Waals surface area contributed by atoms with E-state index in [1.54, 1.807) is 19.9 Å². The van der Waals surface area contributed by atoms with Gasteiger partial charge in [-0.1, -0.05) is 33.8 Å². The van der Waals surface area contributed by atoms with Gasteiger partial charge in [0, 0.05) is 6.92 Å². The summed E-state index contributed by atoms with van der Waals surface area (Å²) in [6.07, 6.45) is -1.97. The van der Waals surface area contributed by atoms with Crippen molar-refractivity contribution in [1.29, 1.82) is 0 Å². The van der Waals surface area contributed by atoms with E-state index in [0.717, 1.165) is 0 Å². The second-order valence-electron chi connectivity index (χ2n) is 9.81. The molecule has 0 saturated carbocycles. The van der Waals surface area contributed by atoms with Crippen LogP contribution in [0.5, 0.6) is 11.5 Å². The maximum Gasteiger partial charge on any atom is 0.513 e. The Morgan fingerprint density at radius 3 is 1.76 bits per heavy atom. The zero-order chi connectivity index (χ0) is 28.8. The molecule has 0 spiro atoms. The van der Waals surface area contributed by atoms with Gasteiger partial charge in [0.1, 0.15) is 18.2 Å². The second-order valence-corrected chi connectivity index (χ2v) is 9.81. The van der Waals surface area contributed by atoms with Crippen molar-refractivity contribution in [3.63, 3.8) is 0 Å². The molecule has 11 heteroatoms. The van der Waals surface area contributed by atoms with Crippen molar-refractivity contribution >= 4 is 24.2 Å². The van der Waals surface area contributed by atoms with Gasteiger partial charge < -0.3 is 34.2 Å². The summed E-state index contributed by atoms with van der Waals surface area (Å²) in [5, 5.41) is 0. The summed E-state index contributed by atoms with van der Waals surface area (Å²) in [6.45, 7) is 12.7. The normalized spacial score (nSPS) is 13.3. The van der Waals surface area contributed by atoms with Crippen molar-refractivity contribution < 1.29 is 47.6 Å². The van der Waals surface area contributed by atoms with Gasteiger partial charge in [-0.15, -0.1) is 0 Å². The molecule has 38 heavy (non-hydrogen) atoms. The molecule has 0 amide bonds. The van der Waals surface area contributed by atoms with Crippen LogP contribution in [0.3, 0.4) is 0 Å². The molecular weight excluding hydrogens is 498 g/mol. The van der Waals surface area contributed by atoms with Crippen LogP contribution in [0.25, 0.3) is 0 Å². The van der Waals surface area contributed by atoms with Crippen molar-refractivity contribution in [3.8, 4) is 11.5 Å². The largest absolute Gasteiger partial charge is 0.513 e. The van der Waals surface area contributed by atoms with Gasteiger partial charge in [-0.05, 0) is 62.6 Å². The van der Waals surface area contributed by atoms with E-state index in [-0.39, 0.29) is 31.1 Å². The van der Waals surface area contributed by atoms with Crippen molar-refractivity contribution in [2.75, 3.05) is 13.2 Å². The van der Waals surface area contributed by atoms with Crippen molar-refractivity contribution in [2.24, 2.45) is 17.6 Å². The molecule has 3 atom stereocenters. The molecule has 0 saturated heterocycles. The lowest BCUT2D eigenvalue weighted by molar-refractivity contribution is -0.164. The topological polar surface area (TPSA) is 150 Å². The van der Waals surface area contributed by atoms with Gasteiger partial charge in [-0.25, -0.2) is 9.59 Å². The van der Waals surface area contributed by atoms with Crippen molar-refractivity contribution in [3.05, 3.63) is 23.8 Å². The minimum atomic E-state index is -1.07. The number of benzene rings is 1. The Labute approximate surface area is 224 Å². The number of nitrogens with two attached hydrogens (primary N) is 1. The molecule has 1 rings (SSSR count). The molecule has 0 bridgehead atoms. The van der Waals surface area contributed by atoms with E-state index in [1.165, 1.54) is 19.1 Å². The lowest BCUT2D eigenvalue weighted by Gasteiger charge is -2.22. The quantitative estimate of drug-likeness (QED) is 0.201. The van der Waals surface area contributed by atoms with Crippen LogP contribution >= 0.6 is 0 Å². The molecule has 0 aromatic heterocycles. The van der Waals surface area contributed by atoms with Gasteiger partial charge in [-0.3, -0.25) is 9.59 Å². The summed E-state index contributed by atoms with van der Waals surface area (Å²) in [7, 11) is 0. The summed E-state index contributed by atoms with van der Waals surface area (Å²) in [4.78, 5) is 47.9. The zero-order valence-corrected chi connectivity index (χ0v) is 23.3. The van der Waals surface area contributed by atoms with Gasteiger partial charge in [0.25, 0.3) is 0 Å².